The van der Waals surface area contributed by atoms with Gasteiger partial charge in [-0.2, -0.15) is 0 Å². The lowest BCUT2D eigenvalue weighted by Gasteiger charge is -2.41. The number of hydrogen-bond donors (Lipinski definition) is 1. The van der Waals surface area contributed by atoms with E-state index in [1.165, 1.54) is 0 Å². The highest BCUT2D eigenvalue weighted by Crippen LogP contribution is 2.35. The number of aromatic nitrogens is 3. The number of fused-ring (bicyclic) bond motifs is 1. The molecule has 1 saturated carbocycles. The molecule has 0 unspecified atom stereocenters. The van der Waals surface area contributed by atoms with Crippen LogP contribution in [0.1, 0.15) is 18.4 Å². The van der Waals surface area contributed by atoms with Gasteiger partial charge in [0.05, 0.1) is 16.3 Å². The Labute approximate surface area is 166 Å². The van der Waals surface area contributed by atoms with Crippen molar-refractivity contribution in [2.45, 2.75) is 31.9 Å². The number of nitrogens with zero attached hydrogens (tertiary/aromatic N) is 4. The third-order valence-corrected chi connectivity index (χ3v) is 6.15. The number of carbonyl (C=O) groups excluding carboxylic acids is 1. The van der Waals surface area contributed by atoms with Crippen LogP contribution < -0.4 is 15.0 Å². The van der Waals surface area contributed by atoms with Gasteiger partial charge in [0.15, 0.2) is 0 Å². The average Bonchev–Trinajstić information content (AvgIpc) is 3.11. The Balaban J connectivity index is 1.08. The maximum atomic E-state index is 12.5. The highest BCUT2D eigenvalue weighted by molar-refractivity contribution is 7.16. The second-order valence-corrected chi connectivity index (χ2v) is 8.42. The molecule has 1 amide bonds. The van der Waals surface area contributed by atoms with E-state index >= 15 is 0 Å². The van der Waals surface area contributed by atoms with E-state index in [4.69, 9.17) is 4.74 Å². The first-order chi connectivity index (χ1) is 13.7. The largest absolute Gasteiger partial charge is 0.488 e. The van der Waals surface area contributed by atoms with E-state index in [1.54, 1.807) is 11.3 Å². The van der Waals surface area contributed by atoms with Gasteiger partial charge < -0.3 is 15.0 Å². The second kappa shape index (κ2) is 7.01. The van der Waals surface area contributed by atoms with Gasteiger partial charge in [-0.25, -0.2) is 15.0 Å². The number of aryl methyl sites for hydroxylation is 1. The first-order valence-corrected chi connectivity index (χ1v) is 10.4. The van der Waals surface area contributed by atoms with Crippen molar-refractivity contribution >= 4 is 33.4 Å². The molecule has 5 rings (SSSR count). The molecule has 8 heteroatoms. The number of benzene rings is 1. The molecule has 144 valence electrons. The number of anilines is 1. The summed E-state index contributed by atoms with van der Waals surface area (Å²) in [7, 11) is 0. The fourth-order valence-corrected chi connectivity index (χ4v) is 4.31. The zero-order valence-electron chi connectivity index (χ0n) is 15.5. The summed E-state index contributed by atoms with van der Waals surface area (Å²) in [5.74, 6) is 1.70. The number of hydrogen-bond acceptors (Lipinski definition) is 7. The Bertz CT molecular complexity index is 993. The van der Waals surface area contributed by atoms with Gasteiger partial charge in [-0.1, -0.05) is 6.07 Å². The molecule has 2 aliphatic rings. The molecule has 1 saturated heterocycles. The first kappa shape index (κ1) is 17.4. The Kier molecular flexibility index (Phi) is 4.35. The van der Waals surface area contributed by atoms with Gasteiger partial charge in [-0.15, -0.1) is 11.3 Å². The molecule has 3 heterocycles. The van der Waals surface area contributed by atoms with Crippen LogP contribution in [0.2, 0.25) is 0 Å². The molecule has 1 aromatic carbocycles. The number of para-hydroxylation sites is 1. The highest BCUT2D eigenvalue weighted by Gasteiger charge is 2.39. The van der Waals surface area contributed by atoms with Crippen LogP contribution in [-0.2, 0) is 4.79 Å². The molecule has 3 aromatic rings. The summed E-state index contributed by atoms with van der Waals surface area (Å²) in [6, 6.07) is 6.14. The van der Waals surface area contributed by atoms with Crippen molar-refractivity contribution in [1.82, 2.24) is 20.3 Å². The van der Waals surface area contributed by atoms with Crippen molar-refractivity contribution in [3.8, 4) is 5.75 Å². The Morgan fingerprint density at radius 2 is 2.00 bits per heavy atom. The lowest BCUT2D eigenvalue weighted by molar-refractivity contribution is -0.131. The maximum absolute atomic E-state index is 12.5. The quantitative estimate of drug-likeness (QED) is 0.715. The predicted octanol–water partition coefficient (Wildman–Crippen LogP) is 2.56. The number of amides is 1. The van der Waals surface area contributed by atoms with E-state index in [2.05, 4.69) is 25.2 Å². The lowest BCUT2D eigenvalue weighted by atomic mass is 9.81. The summed E-state index contributed by atoms with van der Waals surface area (Å²) in [4.78, 5) is 27.6. The molecule has 2 aromatic heterocycles. The molecule has 1 aliphatic heterocycles. The molecule has 1 N–H and O–H groups in total. The standard InChI is InChI=1S/C20H21N5O2S/c1-12-7-21-20(22-8-12)25-9-14(10-25)24-19(26)13-5-15(6-13)27-16-3-2-4-17-18(16)23-11-28-17/h2-4,7-8,11,13-15H,5-6,9-10H2,1H3,(H,24,26). The van der Waals surface area contributed by atoms with Gasteiger partial charge in [0.1, 0.15) is 17.4 Å². The lowest BCUT2D eigenvalue weighted by Crippen LogP contribution is -2.61. The van der Waals surface area contributed by atoms with Crippen LogP contribution in [0.4, 0.5) is 5.95 Å². The summed E-state index contributed by atoms with van der Waals surface area (Å²) >= 11 is 1.61. The van der Waals surface area contributed by atoms with E-state index < -0.39 is 0 Å². The summed E-state index contributed by atoms with van der Waals surface area (Å²) < 4.78 is 7.19. The molecular weight excluding hydrogens is 374 g/mol. The van der Waals surface area contributed by atoms with Crippen LogP contribution in [0.3, 0.4) is 0 Å². The zero-order valence-corrected chi connectivity index (χ0v) is 16.4. The van der Waals surface area contributed by atoms with Gasteiger partial charge in [0.25, 0.3) is 0 Å². The number of thiazole rings is 1. The summed E-state index contributed by atoms with van der Waals surface area (Å²) in [6.45, 7) is 3.48. The molecular formula is C20H21N5O2S. The molecule has 0 atom stereocenters. The predicted molar refractivity (Wildman–Crippen MR) is 108 cm³/mol. The minimum atomic E-state index is 0.0318. The second-order valence-electron chi connectivity index (χ2n) is 7.53. The Morgan fingerprint density at radius 3 is 2.79 bits per heavy atom. The monoisotopic (exact) mass is 395 g/mol. The van der Waals surface area contributed by atoms with E-state index in [0.717, 1.165) is 53.4 Å². The Hall–Kier alpha value is -2.74. The highest BCUT2D eigenvalue weighted by atomic mass is 32.1. The normalized spacial score (nSPS) is 21.8. The van der Waals surface area contributed by atoms with Crippen molar-refractivity contribution in [2.24, 2.45) is 5.92 Å². The van der Waals surface area contributed by atoms with Crippen molar-refractivity contribution in [3.63, 3.8) is 0 Å². The Morgan fingerprint density at radius 1 is 1.21 bits per heavy atom. The van der Waals surface area contributed by atoms with E-state index in [0.29, 0.717) is 0 Å². The molecule has 0 spiro atoms. The van der Waals surface area contributed by atoms with Crippen LogP contribution in [0, 0.1) is 12.8 Å². The summed E-state index contributed by atoms with van der Waals surface area (Å²) in [6.07, 6.45) is 5.22. The maximum Gasteiger partial charge on any atom is 0.225 e. The van der Waals surface area contributed by atoms with Crippen molar-refractivity contribution in [3.05, 3.63) is 41.7 Å². The zero-order chi connectivity index (χ0) is 19.1. The van der Waals surface area contributed by atoms with Gasteiger partial charge in [0, 0.05) is 31.4 Å². The van der Waals surface area contributed by atoms with Crippen molar-refractivity contribution < 1.29 is 9.53 Å². The van der Waals surface area contributed by atoms with E-state index in [9.17, 15) is 4.79 Å². The smallest absolute Gasteiger partial charge is 0.225 e. The van der Waals surface area contributed by atoms with Gasteiger partial charge in [-0.3, -0.25) is 4.79 Å². The minimum absolute atomic E-state index is 0.0318. The van der Waals surface area contributed by atoms with Crippen molar-refractivity contribution in [1.29, 1.82) is 0 Å². The number of carbonyl (C=O) groups is 1. The van der Waals surface area contributed by atoms with Crippen LogP contribution in [-0.4, -0.2) is 46.1 Å². The molecule has 1 aliphatic carbocycles. The van der Waals surface area contributed by atoms with Gasteiger partial charge in [0.2, 0.25) is 11.9 Å². The SMILES string of the molecule is Cc1cnc(N2CC(NC(=O)C3CC(Oc4cccc5scnc45)C3)C2)nc1. The van der Waals surface area contributed by atoms with Crippen LogP contribution >= 0.6 is 11.3 Å². The molecule has 0 bridgehead atoms. The molecule has 28 heavy (non-hydrogen) atoms. The van der Waals surface area contributed by atoms with E-state index in [-0.39, 0.29) is 24.0 Å². The number of ether oxygens (including phenoxy) is 1. The molecule has 7 nitrogen and oxygen atoms in total. The number of rotatable bonds is 5. The molecule has 0 radical (unpaired) electrons. The topological polar surface area (TPSA) is 80.2 Å². The van der Waals surface area contributed by atoms with Gasteiger partial charge >= 0.3 is 0 Å². The van der Waals surface area contributed by atoms with Crippen LogP contribution in [0.25, 0.3) is 10.2 Å². The third kappa shape index (κ3) is 3.28. The average molecular weight is 395 g/mol. The minimum Gasteiger partial charge on any atom is -0.488 e. The van der Waals surface area contributed by atoms with E-state index in [1.807, 2.05) is 43.0 Å². The fraction of sp³-hybridized carbons (Fsp3) is 0.400. The first-order valence-electron chi connectivity index (χ1n) is 9.48. The van der Waals surface area contributed by atoms with Crippen LogP contribution in [0.15, 0.2) is 36.1 Å². The van der Waals surface area contributed by atoms with Gasteiger partial charge in [-0.05, 0) is 37.5 Å². The van der Waals surface area contributed by atoms with Crippen LogP contribution in [0.5, 0.6) is 5.75 Å². The summed E-state index contributed by atoms with van der Waals surface area (Å²) in [5.41, 5.74) is 3.79. The number of nitrogens with one attached hydrogen (secondary N) is 1. The summed E-state index contributed by atoms with van der Waals surface area (Å²) in [5, 5.41) is 3.14. The molecule has 2 fully saturated rings. The third-order valence-electron chi connectivity index (χ3n) is 5.36. The van der Waals surface area contributed by atoms with Crippen molar-refractivity contribution in [2.75, 3.05) is 18.0 Å². The fourth-order valence-electron chi connectivity index (χ4n) is 3.61.